The lowest BCUT2D eigenvalue weighted by atomic mass is 10.0. The van der Waals surface area contributed by atoms with Crippen LogP contribution in [0.5, 0.6) is 0 Å². The van der Waals surface area contributed by atoms with Crippen molar-refractivity contribution in [2.45, 2.75) is 45.6 Å². The second-order valence-corrected chi connectivity index (χ2v) is 5.51. The predicted octanol–water partition coefficient (Wildman–Crippen LogP) is 2.57. The monoisotopic (exact) mass is 260 g/mol. The summed E-state index contributed by atoms with van der Waals surface area (Å²) in [5.41, 5.74) is 3.04. The van der Waals surface area contributed by atoms with Crippen LogP contribution in [0, 0.1) is 13.8 Å². The lowest BCUT2D eigenvalue weighted by Gasteiger charge is -2.23. The lowest BCUT2D eigenvalue weighted by Crippen LogP contribution is -2.37. The molecule has 2 rings (SSSR count). The Morgan fingerprint density at radius 2 is 2.21 bits per heavy atom. The van der Waals surface area contributed by atoms with E-state index in [0.717, 1.165) is 30.6 Å². The van der Waals surface area contributed by atoms with Crippen LogP contribution in [0.1, 0.15) is 47.2 Å². The maximum absolute atomic E-state index is 12.1. The molecule has 1 fully saturated rings. The molecule has 2 N–H and O–H groups in total. The van der Waals surface area contributed by atoms with Gasteiger partial charge in [0.15, 0.2) is 0 Å². The average Bonchev–Trinajstić information content (AvgIpc) is 2.39. The van der Waals surface area contributed by atoms with Crippen LogP contribution in [-0.4, -0.2) is 25.0 Å². The van der Waals surface area contributed by atoms with Crippen LogP contribution < -0.4 is 10.6 Å². The number of benzene rings is 1. The van der Waals surface area contributed by atoms with E-state index in [1.54, 1.807) is 0 Å². The van der Waals surface area contributed by atoms with Crippen molar-refractivity contribution in [3.63, 3.8) is 0 Å². The minimum absolute atomic E-state index is 0.0494. The molecule has 1 aliphatic heterocycles. The highest BCUT2D eigenvalue weighted by atomic mass is 16.1. The van der Waals surface area contributed by atoms with Crippen molar-refractivity contribution in [1.29, 1.82) is 0 Å². The summed E-state index contributed by atoms with van der Waals surface area (Å²) >= 11 is 0. The second-order valence-electron chi connectivity index (χ2n) is 5.51. The fourth-order valence-electron chi connectivity index (χ4n) is 2.69. The van der Waals surface area contributed by atoms with Gasteiger partial charge in [-0.3, -0.25) is 4.79 Å². The Hall–Kier alpha value is -1.35. The van der Waals surface area contributed by atoms with E-state index in [0.29, 0.717) is 6.04 Å². The van der Waals surface area contributed by atoms with E-state index in [-0.39, 0.29) is 5.91 Å². The summed E-state index contributed by atoms with van der Waals surface area (Å²) in [6, 6.07) is 6.54. The maximum atomic E-state index is 12.1. The minimum Gasteiger partial charge on any atom is -0.352 e. The molecular weight excluding hydrogens is 236 g/mol. The number of hydrogen-bond acceptors (Lipinski definition) is 2. The van der Waals surface area contributed by atoms with Gasteiger partial charge in [-0.25, -0.2) is 0 Å². The molecule has 1 unspecified atom stereocenters. The molecule has 3 heteroatoms. The zero-order valence-corrected chi connectivity index (χ0v) is 12.0. The van der Waals surface area contributed by atoms with E-state index in [9.17, 15) is 4.79 Å². The first-order valence-electron chi connectivity index (χ1n) is 7.25. The van der Waals surface area contributed by atoms with Crippen molar-refractivity contribution in [1.82, 2.24) is 10.6 Å². The zero-order chi connectivity index (χ0) is 13.7. The summed E-state index contributed by atoms with van der Waals surface area (Å²) in [7, 11) is 0. The molecule has 0 aromatic heterocycles. The third-order valence-electron chi connectivity index (χ3n) is 3.82. The van der Waals surface area contributed by atoms with Crippen molar-refractivity contribution in [3.05, 3.63) is 34.9 Å². The standard InChI is InChI=1S/C16H24N2O/c1-12-6-7-15(13(2)11-12)16(19)18-10-8-14-5-3-4-9-17-14/h6-7,11,14,17H,3-5,8-10H2,1-2H3,(H,18,19). The molecule has 19 heavy (non-hydrogen) atoms. The van der Waals surface area contributed by atoms with Gasteiger partial charge in [-0.15, -0.1) is 0 Å². The summed E-state index contributed by atoms with van der Waals surface area (Å²) in [4.78, 5) is 12.1. The van der Waals surface area contributed by atoms with Gasteiger partial charge in [-0.2, -0.15) is 0 Å². The van der Waals surface area contributed by atoms with Gasteiger partial charge in [0.2, 0.25) is 0 Å². The van der Waals surface area contributed by atoms with E-state index in [2.05, 4.69) is 16.7 Å². The van der Waals surface area contributed by atoms with Crippen LogP contribution in [0.4, 0.5) is 0 Å². The van der Waals surface area contributed by atoms with Crippen LogP contribution in [0.2, 0.25) is 0 Å². The van der Waals surface area contributed by atoms with Gasteiger partial charge in [0.25, 0.3) is 5.91 Å². The summed E-state index contributed by atoms with van der Waals surface area (Å²) in [6.07, 6.45) is 4.85. The van der Waals surface area contributed by atoms with Gasteiger partial charge in [0.05, 0.1) is 0 Å². The first-order valence-corrected chi connectivity index (χ1v) is 7.25. The minimum atomic E-state index is 0.0494. The first-order chi connectivity index (χ1) is 9.16. The molecule has 0 radical (unpaired) electrons. The van der Waals surface area contributed by atoms with Crippen molar-refractivity contribution < 1.29 is 4.79 Å². The lowest BCUT2D eigenvalue weighted by molar-refractivity contribution is 0.0951. The molecule has 104 valence electrons. The van der Waals surface area contributed by atoms with Crippen molar-refractivity contribution in [2.75, 3.05) is 13.1 Å². The highest BCUT2D eigenvalue weighted by molar-refractivity contribution is 5.95. The first kappa shape index (κ1) is 14.1. The summed E-state index contributed by atoms with van der Waals surface area (Å²) in [5, 5.41) is 6.53. The molecule has 0 saturated carbocycles. The Labute approximate surface area is 115 Å². The van der Waals surface area contributed by atoms with Gasteiger partial charge in [0.1, 0.15) is 0 Å². The van der Waals surface area contributed by atoms with E-state index in [1.165, 1.54) is 24.8 Å². The highest BCUT2D eigenvalue weighted by Gasteiger charge is 2.13. The van der Waals surface area contributed by atoms with Crippen LogP contribution in [0.25, 0.3) is 0 Å². The Kier molecular flexibility index (Phi) is 4.97. The van der Waals surface area contributed by atoms with Crippen LogP contribution in [0.3, 0.4) is 0 Å². The van der Waals surface area contributed by atoms with E-state index < -0.39 is 0 Å². The number of hydrogen-bond donors (Lipinski definition) is 2. The van der Waals surface area contributed by atoms with Gasteiger partial charge < -0.3 is 10.6 Å². The van der Waals surface area contributed by atoms with Gasteiger partial charge in [-0.05, 0) is 51.3 Å². The molecule has 3 nitrogen and oxygen atoms in total. The van der Waals surface area contributed by atoms with E-state index in [4.69, 9.17) is 0 Å². The SMILES string of the molecule is Cc1ccc(C(=O)NCCC2CCCCN2)c(C)c1. The second kappa shape index (κ2) is 6.71. The Balaban J connectivity index is 1.80. The molecule has 1 aromatic carbocycles. The Morgan fingerprint density at radius 3 is 2.89 bits per heavy atom. The van der Waals surface area contributed by atoms with E-state index in [1.807, 2.05) is 26.0 Å². The fourth-order valence-corrected chi connectivity index (χ4v) is 2.69. The number of rotatable bonds is 4. The smallest absolute Gasteiger partial charge is 0.251 e. The maximum Gasteiger partial charge on any atom is 0.251 e. The molecule has 1 aliphatic rings. The number of carbonyl (C=O) groups is 1. The molecule has 1 amide bonds. The van der Waals surface area contributed by atoms with Gasteiger partial charge in [0, 0.05) is 18.2 Å². The van der Waals surface area contributed by atoms with Crippen LogP contribution in [-0.2, 0) is 0 Å². The molecule has 1 aromatic rings. The Bertz CT molecular complexity index is 436. The Morgan fingerprint density at radius 1 is 1.37 bits per heavy atom. The number of nitrogens with one attached hydrogen (secondary N) is 2. The number of aryl methyl sites for hydroxylation is 2. The fraction of sp³-hybridized carbons (Fsp3) is 0.562. The quantitative estimate of drug-likeness (QED) is 0.873. The summed E-state index contributed by atoms with van der Waals surface area (Å²) < 4.78 is 0. The molecule has 0 aliphatic carbocycles. The molecule has 1 atom stereocenters. The normalized spacial score (nSPS) is 19.2. The number of carbonyl (C=O) groups excluding carboxylic acids is 1. The number of piperidine rings is 1. The topological polar surface area (TPSA) is 41.1 Å². The zero-order valence-electron chi connectivity index (χ0n) is 12.0. The van der Waals surface area contributed by atoms with Crippen LogP contribution in [0.15, 0.2) is 18.2 Å². The average molecular weight is 260 g/mol. The van der Waals surface area contributed by atoms with Crippen LogP contribution >= 0.6 is 0 Å². The predicted molar refractivity (Wildman–Crippen MR) is 78.5 cm³/mol. The molecule has 0 bridgehead atoms. The van der Waals surface area contributed by atoms with Crippen molar-refractivity contribution in [3.8, 4) is 0 Å². The number of amides is 1. The largest absolute Gasteiger partial charge is 0.352 e. The van der Waals surface area contributed by atoms with Crippen molar-refractivity contribution in [2.24, 2.45) is 0 Å². The van der Waals surface area contributed by atoms with Gasteiger partial charge >= 0.3 is 0 Å². The molecular formula is C16H24N2O. The summed E-state index contributed by atoms with van der Waals surface area (Å²) in [6.45, 7) is 5.91. The highest BCUT2D eigenvalue weighted by Crippen LogP contribution is 2.11. The van der Waals surface area contributed by atoms with Crippen molar-refractivity contribution >= 4 is 5.91 Å². The van der Waals surface area contributed by atoms with Gasteiger partial charge in [-0.1, -0.05) is 24.1 Å². The third kappa shape index (κ3) is 4.06. The molecule has 1 saturated heterocycles. The van der Waals surface area contributed by atoms with E-state index >= 15 is 0 Å². The molecule has 1 heterocycles. The summed E-state index contributed by atoms with van der Waals surface area (Å²) in [5.74, 6) is 0.0494. The molecule has 0 spiro atoms. The third-order valence-corrected chi connectivity index (χ3v) is 3.82.